The summed E-state index contributed by atoms with van der Waals surface area (Å²) >= 11 is 6.22. The van der Waals surface area contributed by atoms with Gasteiger partial charge in [-0.05, 0) is 38.3 Å². The summed E-state index contributed by atoms with van der Waals surface area (Å²) in [5, 5.41) is 3.49. The highest BCUT2D eigenvalue weighted by Crippen LogP contribution is 2.27. The minimum atomic E-state index is -0.130. The van der Waals surface area contributed by atoms with Crippen molar-refractivity contribution >= 4 is 17.5 Å². The normalized spacial score (nSPS) is 13.6. The van der Waals surface area contributed by atoms with Crippen LogP contribution in [0.3, 0.4) is 0 Å². The van der Waals surface area contributed by atoms with Crippen LogP contribution in [0, 0.1) is 0 Å². The SMILES string of the molecule is CCC(N)Cc1c(Cl)cccc1OCC(=O)NC(C)CC. The lowest BCUT2D eigenvalue weighted by Gasteiger charge is -2.16. The Hall–Kier alpha value is -1.26. The molecule has 1 rings (SSSR count). The van der Waals surface area contributed by atoms with Crippen molar-refractivity contribution in [3.05, 3.63) is 28.8 Å². The standard InChI is InChI=1S/C16H25ClN2O2/c1-4-11(3)19-16(20)10-21-15-8-6-7-14(17)13(15)9-12(18)5-2/h6-8,11-12H,4-5,9-10,18H2,1-3H3,(H,19,20). The van der Waals surface area contributed by atoms with Crippen LogP contribution >= 0.6 is 11.6 Å². The highest BCUT2D eigenvalue weighted by molar-refractivity contribution is 6.31. The number of ether oxygens (including phenoxy) is 1. The van der Waals surface area contributed by atoms with E-state index in [0.29, 0.717) is 17.2 Å². The van der Waals surface area contributed by atoms with E-state index in [1.54, 1.807) is 0 Å². The summed E-state index contributed by atoms with van der Waals surface area (Å²) in [6.07, 6.45) is 2.39. The minimum absolute atomic E-state index is 0.0148. The average Bonchev–Trinajstić information content (AvgIpc) is 2.47. The lowest BCUT2D eigenvalue weighted by molar-refractivity contribution is -0.123. The third kappa shape index (κ3) is 5.94. The van der Waals surface area contributed by atoms with E-state index in [0.717, 1.165) is 18.4 Å². The van der Waals surface area contributed by atoms with E-state index >= 15 is 0 Å². The molecule has 4 nitrogen and oxygen atoms in total. The molecular formula is C16H25ClN2O2. The molecule has 1 aromatic rings. The number of hydrogen-bond donors (Lipinski definition) is 2. The van der Waals surface area contributed by atoms with Crippen molar-refractivity contribution in [2.45, 2.75) is 52.1 Å². The molecule has 0 aliphatic carbocycles. The number of benzene rings is 1. The van der Waals surface area contributed by atoms with Crippen molar-refractivity contribution in [1.82, 2.24) is 5.32 Å². The lowest BCUT2D eigenvalue weighted by Crippen LogP contribution is -2.35. The fraction of sp³-hybridized carbons (Fsp3) is 0.562. The Morgan fingerprint density at radius 1 is 1.38 bits per heavy atom. The summed E-state index contributed by atoms with van der Waals surface area (Å²) in [4.78, 5) is 11.8. The zero-order valence-corrected chi connectivity index (χ0v) is 13.7. The molecule has 0 aliphatic rings. The Bertz CT molecular complexity index is 466. The van der Waals surface area contributed by atoms with E-state index in [-0.39, 0.29) is 24.6 Å². The van der Waals surface area contributed by atoms with Crippen molar-refractivity contribution in [3.8, 4) is 5.75 Å². The Kier molecular flexibility index (Phi) is 7.54. The smallest absolute Gasteiger partial charge is 0.258 e. The molecule has 0 aromatic heterocycles. The number of nitrogens with one attached hydrogen (secondary N) is 1. The molecule has 5 heteroatoms. The molecule has 1 amide bonds. The van der Waals surface area contributed by atoms with Crippen molar-refractivity contribution in [1.29, 1.82) is 0 Å². The fourth-order valence-electron chi connectivity index (χ4n) is 1.84. The van der Waals surface area contributed by atoms with Crippen LogP contribution in [0.1, 0.15) is 39.2 Å². The molecule has 0 saturated carbocycles. The molecule has 2 atom stereocenters. The number of halogens is 1. The second kappa shape index (κ2) is 8.90. The molecule has 0 heterocycles. The first kappa shape index (κ1) is 17.8. The third-order valence-corrected chi connectivity index (χ3v) is 3.80. The summed E-state index contributed by atoms with van der Waals surface area (Å²) in [6.45, 7) is 6.00. The van der Waals surface area contributed by atoms with Gasteiger partial charge in [0.2, 0.25) is 0 Å². The zero-order valence-electron chi connectivity index (χ0n) is 13.0. The van der Waals surface area contributed by atoms with E-state index in [1.807, 2.05) is 39.0 Å². The molecule has 0 radical (unpaired) electrons. The second-order valence-electron chi connectivity index (χ2n) is 5.25. The van der Waals surface area contributed by atoms with Gasteiger partial charge in [-0.15, -0.1) is 0 Å². The second-order valence-corrected chi connectivity index (χ2v) is 5.66. The number of nitrogens with two attached hydrogens (primary N) is 1. The molecule has 0 bridgehead atoms. The molecule has 3 N–H and O–H groups in total. The number of carbonyl (C=O) groups is 1. The van der Waals surface area contributed by atoms with Crippen LogP contribution in [-0.2, 0) is 11.2 Å². The maximum Gasteiger partial charge on any atom is 0.258 e. The van der Waals surface area contributed by atoms with Gasteiger partial charge in [-0.25, -0.2) is 0 Å². The summed E-state index contributed by atoms with van der Waals surface area (Å²) in [7, 11) is 0. The molecular weight excluding hydrogens is 288 g/mol. The molecule has 1 aromatic carbocycles. The Morgan fingerprint density at radius 2 is 2.10 bits per heavy atom. The van der Waals surface area contributed by atoms with Crippen molar-refractivity contribution in [3.63, 3.8) is 0 Å². The van der Waals surface area contributed by atoms with Gasteiger partial charge in [-0.1, -0.05) is 31.5 Å². The van der Waals surface area contributed by atoms with Crippen LogP contribution < -0.4 is 15.8 Å². The first-order chi connectivity index (χ1) is 9.97. The third-order valence-electron chi connectivity index (χ3n) is 3.45. The highest BCUT2D eigenvalue weighted by Gasteiger charge is 2.13. The van der Waals surface area contributed by atoms with Gasteiger partial charge >= 0.3 is 0 Å². The largest absolute Gasteiger partial charge is 0.483 e. The van der Waals surface area contributed by atoms with Gasteiger partial charge in [0.05, 0.1) is 0 Å². The summed E-state index contributed by atoms with van der Waals surface area (Å²) in [6, 6.07) is 5.62. The molecule has 118 valence electrons. The summed E-state index contributed by atoms with van der Waals surface area (Å²) in [5.41, 5.74) is 6.85. The molecule has 21 heavy (non-hydrogen) atoms. The molecule has 0 fully saturated rings. The Morgan fingerprint density at radius 3 is 2.71 bits per heavy atom. The van der Waals surface area contributed by atoms with Gasteiger partial charge < -0.3 is 15.8 Å². The number of amides is 1. The Balaban J connectivity index is 2.70. The number of rotatable bonds is 8. The summed E-state index contributed by atoms with van der Waals surface area (Å²) in [5.74, 6) is 0.501. The van der Waals surface area contributed by atoms with Gasteiger partial charge in [-0.3, -0.25) is 4.79 Å². The first-order valence-electron chi connectivity index (χ1n) is 7.43. The topological polar surface area (TPSA) is 64.3 Å². The predicted octanol–water partition coefficient (Wildman–Crippen LogP) is 2.91. The quantitative estimate of drug-likeness (QED) is 0.775. The molecule has 0 spiro atoms. The Labute approximate surface area is 132 Å². The minimum Gasteiger partial charge on any atom is -0.483 e. The van der Waals surface area contributed by atoms with Crippen LogP contribution in [-0.4, -0.2) is 24.6 Å². The predicted molar refractivity (Wildman–Crippen MR) is 86.8 cm³/mol. The summed E-state index contributed by atoms with van der Waals surface area (Å²) < 4.78 is 5.62. The monoisotopic (exact) mass is 312 g/mol. The zero-order chi connectivity index (χ0) is 15.8. The molecule has 0 saturated heterocycles. The maximum atomic E-state index is 11.8. The van der Waals surface area contributed by atoms with Crippen molar-refractivity contribution < 1.29 is 9.53 Å². The average molecular weight is 313 g/mol. The highest BCUT2D eigenvalue weighted by atomic mass is 35.5. The van der Waals surface area contributed by atoms with E-state index < -0.39 is 0 Å². The van der Waals surface area contributed by atoms with Crippen molar-refractivity contribution in [2.75, 3.05) is 6.61 Å². The lowest BCUT2D eigenvalue weighted by atomic mass is 10.0. The number of carbonyl (C=O) groups excluding carboxylic acids is 1. The van der Waals surface area contributed by atoms with Gasteiger partial charge in [0.1, 0.15) is 5.75 Å². The van der Waals surface area contributed by atoms with E-state index in [9.17, 15) is 4.79 Å². The van der Waals surface area contributed by atoms with Crippen LogP contribution in [0.5, 0.6) is 5.75 Å². The first-order valence-corrected chi connectivity index (χ1v) is 7.80. The number of hydrogen-bond acceptors (Lipinski definition) is 3. The maximum absolute atomic E-state index is 11.8. The van der Waals surface area contributed by atoms with E-state index in [2.05, 4.69) is 5.32 Å². The van der Waals surface area contributed by atoms with Crippen molar-refractivity contribution in [2.24, 2.45) is 5.73 Å². The molecule has 0 aliphatic heterocycles. The van der Waals surface area contributed by atoms with Crippen LogP contribution in [0.25, 0.3) is 0 Å². The van der Waals surface area contributed by atoms with Gasteiger partial charge in [0, 0.05) is 22.7 Å². The van der Waals surface area contributed by atoms with Crippen LogP contribution in [0.4, 0.5) is 0 Å². The van der Waals surface area contributed by atoms with Crippen LogP contribution in [0.15, 0.2) is 18.2 Å². The molecule has 2 unspecified atom stereocenters. The van der Waals surface area contributed by atoms with Gasteiger partial charge in [0.15, 0.2) is 6.61 Å². The fourth-order valence-corrected chi connectivity index (χ4v) is 2.08. The van der Waals surface area contributed by atoms with Crippen LogP contribution in [0.2, 0.25) is 5.02 Å². The van der Waals surface area contributed by atoms with E-state index in [1.165, 1.54) is 0 Å². The van der Waals surface area contributed by atoms with Gasteiger partial charge in [-0.2, -0.15) is 0 Å². The van der Waals surface area contributed by atoms with Gasteiger partial charge in [0.25, 0.3) is 5.91 Å². The van der Waals surface area contributed by atoms with E-state index in [4.69, 9.17) is 22.1 Å².